The van der Waals surface area contributed by atoms with Gasteiger partial charge in [-0.2, -0.15) is 0 Å². The number of aromatic nitrogens is 2. The number of carboxylic acids is 1. The molecule has 0 amide bonds. The highest BCUT2D eigenvalue weighted by molar-refractivity contribution is 6.33. The van der Waals surface area contributed by atoms with Crippen molar-refractivity contribution in [1.29, 1.82) is 0 Å². The van der Waals surface area contributed by atoms with E-state index in [4.69, 9.17) is 16.7 Å². The molecule has 0 aliphatic heterocycles. The topological polar surface area (TPSA) is 55.1 Å². The number of benzene rings is 1. The summed E-state index contributed by atoms with van der Waals surface area (Å²) in [6.07, 6.45) is 4.15. The van der Waals surface area contributed by atoms with Gasteiger partial charge in [0.15, 0.2) is 0 Å². The first kappa shape index (κ1) is 11.7. The first-order chi connectivity index (χ1) is 8.08. The molecule has 1 aromatic carbocycles. The molecule has 2 rings (SSSR count). The lowest BCUT2D eigenvalue weighted by Crippen LogP contribution is -2.02. The molecule has 88 valence electrons. The highest BCUT2D eigenvalue weighted by atomic mass is 35.5. The van der Waals surface area contributed by atoms with Crippen LogP contribution < -0.4 is 0 Å². The first-order valence-corrected chi connectivity index (χ1v) is 5.43. The van der Waals surface area contributed by atoms with E-state index in [1.165, 1.54) is 0 Å². The van der Waals surface area contributed by atoms with Crippen LogP contribution in [0.15, 0.2) is 30.6 Å². The average Bonchev–Trinajstić information content (AvgIpc) is 2.67. The number of aryl methyl sites for hydroxylation is 1. The second-order valence-electron chi connectivity index (χ2n) is 3.75. The lowest BCUT2D eigenvalue weighted by Gasteiger charge is -2.05. The fourth-order valence-corrected chi connectivity index (χ4v) is 1.79. The van der Waals surface area contributed by atoms with Gasteiger partial charge in [-0.25, -0.2) is 9.78 Å². The van der Waals surface area contributed by atoms with Gasteiger partial charge in [0.05, 0.1) is 10.6 Å². The van der Waals surface area contributed by atoms with E-state index in [1.807, 2.05) is 23.9 Å². The van der Waals surface area contributed by atoms with E-state index in [9.17, 15) is 4.79 Å². The standard InChI is InChI=1S/C12H11ClN2O2/c1-15-5-4-14-11(15)7-8-2-3-10(13)9(6-8)12(16)17/h2-6H,7H2,1H3,(H,16,17). The molecule has 0 spiro atoms. The fraction of sp³-hybridized carbons (Fsp3) is 0.167. The van der Waals surface area contributed by atoms with E-state index >= 15 is 0 Å². The predicted molar refractivity (Wildman–Crippen MR) is 64.4 cm³/mol. The van der Waals surface area contributed by atoms with Gasteiger partial charge in [0.25, 0.3) is 0 Å². The number of carboxylic acid groups (broad SMARTS) is 1. The summed E-state index contributed by atoms with van der Waals surface area (Å²) in [5.41, 5.74) is 1.000. The smallest absolute Gasteiger partial charge is 0.337 e. The van der Waals surface area contributed by atoms with Crippen LogP contribution in [0.1, 0.15) is 21.7 Å². The predicted octanol–water partition coefficient (Wildman–Crippen LogP) is 2.36. The molecule has 0 aliphatic carbocycles. The minimum Gasteiger partial charge on any atom is -0.478 e. The van der Waals surface area contributed by atoms with Crippen LogP contribution >= 0.6 is 11.6 Å². The van der Waals surface area contributed by atoms with Crippen molar-refractivity contribution < 1.29 is 9.90 Å². The van der Waals surface area contributed by atoms with Crippen LogP contribution in [0.5, 0.6) is 0 Å². The summed E-state index contributed by atoms with van der Waals surface area (Å²) in [6.45, 7) is 0. The monoisotopic (exact) mass is 250 g/mol. The zero-order chi connectivity index (χ0) is 12.4. The van der Waals surface area contributed by atoms with Gasteiger partial charge in [-0.3, -0.25) is 0 Å². The minimum atomic E-state index is -1.02. The minimum absolute atomic E-state index is 0.123. The molecule has 0 unspecified atom stereocenters. The molecule has 0 bridgehead atoms. The van der Waals surface area contributed by atoms with Gasteiger partial charge in [0.1, 0.15) is 5.82 Å². The molecule has 0 radical (unpaired) electrons. The molecule has 0 atom stereocenters. The third-order valence-corrected chi connectivity index (χ3v) is 2.87. The Balaban J connectivity index is 2.32. The van der Waals surface area contributed by atoms with Gasteiger partial charge < -0.3 is 9.67 Å². The molecule has 0 saturated heterocycles. The fourth-order valence-electron chi connectivity index (χ4n) is 1.60. The number of hydrogen-bond donors (Lipinski definition) is 1. The lowest BCUT2D eigenvalue weighted by atomic mass is 10.1. The molecule has 0 saturated carbocycles. The number of nitrogens with zero attached hydrogens (tertiary/aromatic N) is 2. The molecular formula is C12H11ClN2O2. The lowest BCUT2D eigenvalue weighted by molar-refractivity contribution is 0.0697. The van der Waals surface area contributed by atoms with Crippen LogP contribution in [-0.2, 0) is 13.5 Å². The molecule has 1 aromatic heterocycles. The molecule has 0 fully saturated rings. The summed E-state index contributed by atoms with van der Waals surface area (Å²) in [7, 11) is 1.90. The third-order valence-electron chi connectivity index (χ3n) is 2.54. The van der Waals surface area contributed by atoms with Crippen LogP contribution in [0.3, 0.4) is 0 Å². The van der Waals surface area contributed by atoms with E-state index in [-0.39, 0.29) is 10.6 Å². The van der Waals surface area contributed by atoms with E-state index in [0.717, 1.165) is 11.4 Å². The van der Waals surface area contributed by atoms with Crippen molar-refractivity contribution >= 4 is 17.6 Å². The Morgan fingerprint density at radius 2 is 2.29 bits per heavy atom. The Bertz CT molecular complexity index is 563. The number of rotatable bonds is 3. The van der Waals surface area contributed by atoms with Crippen molar-refractivity contribution in [3.63, 3.8) is 0 Å². The van der Waals surface area contributed by atoms with Crippen molar-refractivity contribution in [2.24, 2.45) is 7.05 Å². The van der Waals surface area contributed by atoms with Crippen LogP contribution in [0.4, 0.5) is 0 Å². The second kappa shape index (κ2) is 4.59. The van der Waals surface area contributed by atoms with Crippen LogP contribution in [0.25, 0.3) is 0 Å². The number of aromatic carboxylic acids is 1. The Kier molecular flexibility index (Phi) is 3.15. The van der Waals surface area contributed by atoms with Crippen LogP contribution in [0.2, 0.25) is 5.02 Å². The second-order valence-corrected chi connectivity index (χ2v) is 4.16. The average molecular weight is 251 g/mol. The summed E-state index contributed by atoms with van der Waals surface area (Å²) in [4.78, 5) is 15.1. The Hall–Kier alpha value is -1.81. The van der Waals surface area contributed by atoms with E-state index < -0.39 is 5.97 Å². The number of hydrogen-bond acceptors (Lipinski definition) is 2. The molecular weight excluding hydrogens is 240 g/mol. The third kappa shape index (κ3) is 2.47. The summed E-state index contributed by atoms with van der Waals surface area (Å²) in [5.74, 6) is -0.139. The van der Waals surface area contributed by atoms with Crippen molar-refractivity contribution in [3.05, 3.63) is 52.6 Å². The van der Waals surface area contributed by atoms with Crippen molar-refractivity contribution in [1.82, 2.24) is 9.55 Å². The van der Waals surface area contributed by atoms with Gasteiger partial charge in [-0.05, 0) is 17.7 Å². The van der Waals surface area contributed by atoms with Crippen molar-refractivity contribution in [2.45, 2.75) is 6.42 Å². The molecule has 4 nitrogen and oxygen atoms in total. The number of carbonyl (C=O) groups is 1. The van der Waals surface area contributed by atoms with Crippen LogP contribution in [0, 0.1) is 0 Å². The molecule has 2 aromatic rings. The Morgan fingerprint density at radius 1 is 1.53 bits per heavy atom. The largest absolute Gasteiger partial charge is 0.478 e. The highest BCUT2D eigenvalue weighted by Gasteiger charge is 2.10. The Morgan fingerprint density at radius 3 is 2.88 bits per heavy atom. The van der Waals surface area contributed by atoms with Gasteiger partial charge >= 0.3 is 5.97 Å². The van der Waals surface area contributed by atoms with Gasteiger partial charge in [-0.15, -0.1) is 0 Å². The van der Waals surface area contributed by atoms with E-state index in [0.29, 0.717) is 6.42 Å². The van der Waals surface area contributed by atoms with Crippen LogP contribution in [-0.4, -0.2) is 20.6 Å². The normalized spacial score (nSPS) is 10.5. The highest BCUT2D eigenvalue weighted by Crippen LogP contribution is 2.19. The summed E-state index contributed by atoms with van der Waals surface area (Å²) >= 11 is 5.80. The maximum atomic E-state index is 10.9. The van der Waals surface area contributed by atoms with E-state index in [1.54, 1.807) is 18.3 Å². The molecule has 5 heteroatoms. The molecule has 1 heterocycles. The van der Waals surface area contributed by atoms with E-state index in [2.05, 4.69) is 4.98 Å². The maximum absolute atomic E-state index is 10.9. The Labute approximate surface area is 103 Å². The maximum Gasteiger partial charge on any atom is 0.337 e. The SMILES string of the molecule is Cn1ccnc1Cc1ccc(Cl)c(C(=O)O)c1. The summed E-state index contributed by atoms with van der Waals surface area (Å²) in [5, 5.41) is 9.22. The zero-order valence-electron chi connectivity index (χ0n) is 9.22. The summed E-state index contributed by atoms with van der Waals surface area (Å²) in [6, 6.07) is 4.99. The summed E-state index contributed by atoms with van der Waals surface area (Å²) < 4.78 is 1.90. The van der Waals surface area contributed by atoms with Crippen molar-refractivity contribution in [3.8, 4) is 0 Å². The van der Waals surface area contributed by atoms with Gasteiger partial charge in [0, 0.05) is 25.9 Å². The van der Waals surface area contributed by atoms with Gasteiger partial charge in [-0.1, -0.05) is 17.7 Å². The quantitative estimate of drug-likeness (QED) is 0.910. The van der Waals surface area contributed by atoms with Gasteiger partial charge in [0.2, 0.25) is 0 Å². The molecule has 0 aliphatic rings. The first-order valence-electron chi connectivity index (χ1n) is 5.06. The zero-order valence-corrected chi connectivity index (χ0v) is 9.98. The number of imidazole rings is 1. The van der Waals surface area contributed by atoms with Crippen molar-refractivity contribution in [2.75, 3.05) is 0 Å². The molecule has 1 N–H and O–H groups in total. The molecule has 17 heavy (non-hydrogen) atoms. The number of halogens is 1.